The van der Waals surface area contributed by atoms with Crippen LogP contribution in [0.2, 0.25) is 0 Å². The summed E-state index contributed by atoms with van der Waals surface area (Å²) in [5.74, 6) is 4.01. The van der Waals surface area contributed by atoms with Gasteiger partial charge in [0.05, 0.1) is 6.04 Å². The Morgan fingerprint density at radius 3 is 2.12 bits per heavy atom. The Bertz CT molecular complexity index is 582. The smallest absolute Gasteiger partial charge is 0.315 e. The quantitative estimate of drug-likeness (QED) is 0.853. The lowest BCUT2D eigenvalue weighted by atomic mass is 9.54. The molecule has 4 bridgehead atoms. The fourth-order valence-electron chi connectivity index (χ4n) is 6.06. The van der Waals surface area contributed by atoms with Crippen LogP contribution in [0.1, 0.15) is 56.6 Å². The molecule has 5 aliphatic carbocycles. The number of benzene rings is 1. The second-order valence-corrected chi connectivity index (χ2v) is 8.80. The molecule has 1 aromatic carbocycles. The first-order chi connectivity index (χ1) is 11.8. The van der Waals surface area contributed by atoms with Crippen molar-refractivity contribution in [1.29, 1.82) is 0 Å². The molecule has 5 aliphatic rings. The molecule has 0 saturated heterocycles. The molecule has 2 amide bonds. The molecule has 3 heteroatoms. The molecule has 6 rings (SSSR count). The molecule has 5 fully saturated rings. The molecule has 0 spiro atoms. The van der Waals surface area contributed by atoms with Crippen LogP contribution in [0.5, 0.6) is 0 Å². The first-order valence-corrected chi connectivity index (χ1v) is 9.88. The first-order valence-electron chi connectivity index (χ1n) is 9.88. The SMILES string of the molecule is O=C(NC(c1ccccc1)C1CC1)NC1C2CC3CC(C2)CC1C3. The zero-order valence-electron chi connectivity index (χ0n) is 14.3. The van der Waals surface area contributed by atoms with Gasteiger partial charge in [-0.1, -0.05) is 30.3 Å². The molecule has 1 aromatic rings. The van der Waals surface area contributed by atoms with Crippen LogP contribution < -0.4 is 10.6 Å². The molecule has 128 valence electrons. The summed E-state index contributed by atoms with van der Waals surface area (Å²) in [6, 6.07) is 11.1. The summed E-state index contributed by atoms with van der Waals surface area (Å²) in [5, 5.41) is 6.70. The van der Waals surface area contributed by atoms with Crippen LogP contribution in [-0.4, -0.2) is 12.1 Å². The van der Waals surface area contributed by atoms with Crippen LogP contribution in [0, 0.1) is 29.6 Å². The van der Waals surface area contributed by atoms with Crippen LogP contribution in [0.15, 0.2) is 30.3 Å². The molecule has 0 aliphatic heterocycles. The maximum Gasteiger partial charge on any atom is 0.315 e. The van der Waals surface area contributed by atoms with E-state index in [1.54, 1.807) is 0 Å². The molecule has 2 N–H and O–H groups in total. The normalized spacial score (nSPS) is 37.9. The maximum atomic E-state index is 12.7. The van der Waals surface area contributed by atoms with Crippen LogP contribution in [-0.2, 0) is 0 Å². The number of hydrogen-bond acceptors (Lipinski definition) is 1. The lowest BCUT2D eigenvalue weighted by Crippen LogP contribution is -2.57. The van der Waals surface area contributed by atoms with E-state index in [0.717, 1.165) is 23.7 Å². The van der Waals surface area contributed by atoms with Crippen molar-refractivity contribution in [3.05, 3.63) is 35.9 Å². The van der Waals surface area contributed by atoms with Crippen molar-refractivity contribution in [2.45, 2.75) is 57.0 Å². The van der Waals surface area contributed by atoms with E-state index in [2.05, 4.69) is 34.9 Å². The molecule has 5 saturated carbocycles. The van der Waals surface area contributed by atoms with Gasteiger partial charge in [-0.15, -0.1) is 0 Å². The number of urea groups is 1. The van der Waals surface area contributed by atoms with Gasteiger partial charge in [0.1, 0.15) is 0 Å². The predicted octanol–water partition coefficient (Wildman–Crippen LogP) is 4.26. The minimum atomic E-state index is 0.0632. The van der Waals surface area contributed by atoms with Gasteiger partial charge in [-0.2, -0.15) is 0 Å². The average molecular weight is 324 g/mol. The molecule has 0 heterocycles. The number of nitrogens with one attached hydrogen (secondary N) is 2. The van der Waals surface area contributed by atoms with Crippen molar-refractivity contribution in [1.82, 2.24) is 10.6 Å². The minimum absolute atomic E-state index is 0.0632. The molecular formula is C21H28N2O. The van der Waals surface area contributed by atoms with Crippen molar-refractivity contribution in [3.63, 3.8) is 0 Å². The number of hydrogen-bond donors (Lipinski definition) is 2. The Balaban J connectivity index is 1.25. The predicted molar refractivity (Wildman–Crippen MR) is 94.4 cm³/mol. The van der Waals surface area contributed by atoms with E-state index in [0.29, 0.717) is 12.0 Å². The van der Waals surface area contributed by atoms with Crippen molar-refractivity contribution in [3.8, 4) is 0 Å². The third-order valence-electron chi connectivity index (χ3n) is 7.06. The summed E-state index contributed by atoms with van der Waals surface area (Å²) in [4.78, 5) is 12.7. The summed E-state index contributed by atoms with van der Waals surface area (Å²) in [5.41, 5.74) is 1.25. The van der Waals surface area contributed by atoms with E-state index in [4.69, 9.17) is 0 Å². The highest BCUT2D eigenvalue weighted by molar-refractivity contribution is 5.75. The standard InChI is InChI=1S/C21H28N2O/c24-21(22-19(16-6-7-16)15-4-2-1-3-5-15)23-20-17-9-13-8-14(11-17)12-18(20)10-13/h1-5,13-14,16-20H,6-12H2,(H2,22,23,24). The number of carbonyl (C=O) groups excluding carboxylic acids is 1. The fourth-order valence-corrected chi connectivity index (χ4v) is 6.06. The third kappa shape index (κ3) is 2.72. The van der Waals surface area contributed by atoms with Gasteiger partial charge in [-0.25, -0.2) is 4.79 Å². The van der Waals surface area contributed by atoms with Crippen molar-refractivity contribution < 1.29 is 4.79 Å². The van der Waals surface area contributed by atoms with Gasteiger partial charge in [0, 0.05) is 6.04 Å². The zero-order valence-corrected chi connectivity index (χ0v) is 14.3. The fraction of sp³-hybridized carbons (Fsp3) is 0.667. The van der Waals surface area contributed by atoms with Crippen molar-refractivity contribution >= 4 is 6.03 Å². The summed E-state index contributed by atoms with van der Waals surface area (Å²) in [6.45, 7) is 0. The number of amides is 2. The second-order valence-electron chi connectivity index (χ2n) is 8.80. The maximum absolute atomic E-state index is 12.7. The molecule has 0 radical (unpaired) electrons. The van der Waals surface area contributed by atoms with Gasteiger partial charge in [0.15, 0.2) is 0 Å². The number of rotatable bonds is 4. The van der Waals surface area contributed by atoms with Gasteiger partial charge in [0.25, 0.3) is 0 Å². The van der Waals surface area contributed by atoms with E-state index in [-0.39, 0.29) is 12.1 Å². The molecule has 24 heavy (non-hydrogen) atoms. The van der Waals surface area contributed by atoms with Gasteiger partial charge in [-0.05, 0) is 80.1 Å². The van der Waals surface area contributed by atoms with Gasteiger partial charge < -0.3 is 10.6 Å². The topological polar surface area (TPSA) is 41.1 Å². The highest BCUT2D eigenvalue weighted by Crippen LogP contribution is 2.53. The molecular weight excluding hydrogens is 296 g/mol. The highest BCUT2D eigenvalue weighted by atomic mass is 16.2. The summed E-state index contributed by atoms with van der Waals surface area (Å²) in [7, 11) is 0. The van der Waals surface area contributed by atoms with Crippen molar-refractivity contribution in [2.75, 3.05) is 0 Å². The minimum Gasteiger partial charge on any atom is -0.335 e. The largest absolute Gasteiger partial charge is 0.335 e. The molecule has 0 aromatic heterocycles. The Morgan fingerprint density at radius 1 is 0.917 bits per heavy atom. The summed E-state index contributed by atoms with van der Waals surface area (Å²) >= 11 is 0. The van der Waals surface area contributed by atoms with Crippen LogP contribution in [0.25, 0.3) is 0 Å². The Hall–Kier alpha value is -1.51. The van der Waals surface area contributed by atoms with Gasteiger partial charge in [-0.3, -0.25) is 0 Å². The van der Waals surface area contributed by atoms with Crippen LogP contribution in [0.4, 0.5) is 4.79 Å². The Morgan fingerprint density at radius 2 is 1.54 bits per heavy atom. The lowest BCUT2D eigenvalue weighted by Gasteiger charge is -2.54. The second kappa shape index (κ2) is 5.79. The van der Waals surface area contributed by atoms with Crippen molar-refractivity contribution in [2.24, 2.45) is 29.6 Å². The van der Waals surface area contributed by atoms with Crippen LogP contribution in [0.3, 0.4) is 0 Å². The lowest BCUT2D eigenvalue weighted by molar-refractivity contribution is -0.00955. The first kappa shape index (κ1) is 14.8. The zero-order chi connectivity index (χ0) is 16.1. The van der Waals surface area contributed by atoms with E-state index >= 15 is 0 Å². The molecule has 1 unspecified atom stereocenters. The summed E-state index contributed by atoms with van der Waals surface area (Å²) < 4.78 is 0. The van der Waals surface area contributed by atoms with Gasteiger partial charge in [0.2, 0.25) is 0 Å². The molecule has 1 atom stereocenters. The monoisotopic (exact) mass is 324 g/mol. The molecule has 3 nitrogen and oxygen atoms in total. The highest BCUT2D eigenvalue weighted by Gasteiger charge is 2.48. The third-order valence-corrected chi connectivity index (χ3v) is 7.06. The van der Waals surface area contributed by atoms with Crippen LogP contribution >= 0.6 is 0 Å². The van der Waals surface area contributed by atoms with E-state index in [1.807, 2.05) is 6.07 Å². The van der Waals surface area contributed by atoms with Gasteiger partial charge >= 0.3 is 6.03 Å². The van der Waals surface area contributed by atoms with E-state index < -0.39 is 0 Å². The number of carbonyl (C=O) groups is 1. The Kier molecular flexibility index (Phi) is 3.57. The Labute approximate surface area is 144 Å². The van der Waals surface area contributed by atoms with E-state index in [9.17, 15) is 4.79 Å². The average Bonchev–Trinajstić information content (AvgIpc) is 3.41. The summed E-state index contributed by atoms with van der Waals surface area (Å²) in [6.07, 6.45) is 9.33. The van der Waals surface area contributed by atoms with E-state index in [1.165, 1.54) is 50.5 Å².